The second-order valence-corrected chi connectivity index (χ2v) is 1.91. The van der Waals surface area contributed by atoms with E-state index < -0.39 is 5.91 Å². The molecule has 0 aromatic heterocycles. The van der Waals surface area contributed by atoms with Crippen LogP contribution in [0.5, 0.6) is 0 Å². The molecule has 0 unspecified atom stereocenters. The second-order valence-electron chi connectivity index (χ2n) is 1.91. The molecule has 1 atom stereocenters. The molecule has 0 aromatic carbocycles. The van der Waals surface area contributed by atoms with Crippen molar-refractivity contribution >= 4 is 5.91 Å². The molecule has 0 aliphatic carbocycles. The highest BCUT2D eigenvalue weighted by atomic mass is 16.3. The van der Waals surface area contributed by atoms with E-state index in [1.54, 1.807) is 0 Å². The molecule has 0 aliphatic rings. The monoisotopic (exact) mass is 141 g/mol. The van der Waals surface area contributed by atoms with Crippen LogP contribution < -0.4 is 5.32 Å². The molecule has 56 valence electrons. The van der Waals surface area contributed by atoms with Crippen LogP contribution in [0.1, 0.15) is 13.3 Å². The fourth-order valence-corrected chi connectivity index (χ4v) is 0.504. The van der Waals surface area contributed by atoms with Gasteiger partial charge in [-0.2, -0.15) is 0 Å². The maximum atomic E-state index is 10.5. The average molecular weight is 141 g/mol. The van der Waals surface area contributed by atoms with E-state index in [2.05, 4.69) is 5.32 Å². The SMILES string of the molecule is C#CC(=O)N[C@H](CC)CO. The maximum absolute atomic E-state index is 10.5. The van der Waals surface area contributed by atoms with Crippen LogP contribution in [-0.4, -0.2) is 23.7 Å². The smallest absolute Gasteiger partial charge is 0.295 e. The van der Waals surface area contributed by atoms with Gasteiger partial charge in [0.15, 0.2) is 0 Å². The van der Waals surface area contributed by atoms with Crippen molar-refractivity contribution in [3.8, 4) is 12.3 Å². The number of amides is 1. The third-order valence-electron chi connectivity index (χ3n) is 1.18. The fraction of sp³-hybridized carbons (Fsp3) is 0.571. The summed E-state index contributed by atoms with van der Waals surface area (Å²) < 4.78 is 0. The van der Waals surface area contributed by atoms with Crippen molar-refractivity contribution in [1.29, 1.82) is 0 Å². The normalized spacial score (nSPS) is 11.7. The van der Waals surface area contributed by atoms with E-state index in [1.807, 2.05) is 12.8 Å². The largest absolute Gasteiger partial charge is 0.394 e. The zero-order valence-corrected chi connectivity index (χ0v) is 5.92. The number of nitrogens with one attached hydrogen (secondary N) is 1. The van der Waals surface area contributed by atoms with Crippen molar-refractivity contribution in [1.82, 2.24) is 5.32 Å². The Morgan fingerprint density at radius 3 is 2.80 bits per heavy atom. The Balaban J connectivity index is 3.65. The first-order valence-electron chi connectivity index (χ1n) is 3.12. The van der Waals surface area contributed by atoms with E-state index in [1.165, 1.54) is 0 Å². The highest BCUT2D eigenvalue weighted by Crippen LogP contribution is 1.86. The van der Waals surface area contributed by atoms with Crippen molar-refractivity contribution in [3.63, 3.8) is 0 Å². The Labute approximate surface area is 60.4 Å². The predicted octanol–water partition coefficient (Wildman–Crippen LogP) is -0.493. The topological polar surface area (TPSA) is 49.3 Å². The molecule has 3 nitrogen and oxygen atoms in total. The van der Waals surface area contributed by atoms with Gasteiger partial charge in [-0.25, -0.2) is 0 Å². The molecule has 0 rings (SSSR count). The Hall–Kier alpha value is -1.01. The van der Waals surface area contributed by atoms with Crippen LogP contribution in [0.2, 0.25) is 0 Å². The van der Waals surface area contributed by atoms with Crippen molar-refractivity contribution in [2.24, 2.45) is 0 Å². The summed E-state index contributed by atoms with van der Waals surface area (Å²) in [5.41, 5.74) is 0. The van der Waals surface area contributed by atoms with Crippen LogP contribution in [0.4, 0.5) is 0 Å². The van der Waals surface area contributed by atoms with E-state index in [4.69, 9.17) is 11.5 Å². The quantitative estimate of drug-likeness (QED) is 0.521. The van der Waals surface area contributed by atoms with Gasteiger partial charge in [0.2, 0.25) is 0 Å². The van der Waals surface area contributed by atoms with Gasteiger partial charge in [0.1, 0.15) is 0 Å². The van der Waals surface area contributed by atoms with Gasteiger partial charge in [-0.05, 0) is 12.3 Å². The number of carbonyl (C=O) groups excluding carboxylic acids is 1. The Morgan fingerprint density at radius 2 is 2.50 bits per heavy atom. The summed E-state index contributed by atoms with van der Waals surface area (Å²) in [5, 5.41) is 11.0. The molecule has 0 radical (unpaired) electrons. The molecule has 0 spiro atoms. The lowest BCUT2D eigenvalue weighted by Crippen LogP contribution is -2.35. The third-order valence-corrected chi connectivity index (χ3v) is 1.18. The summed E-state index contributed by atoms with van der Waals surface area (Å²) in [4.78, 5) is 10.5. The van der Waals surface area contributed by atoms with Gasteiger partial charge in [0, 0.05) is 0 Å². The van der Waals surface area contributed by atoms with Gasteiger partial charge < -0.3 is 10.4 Å². The standard InChI is InChI=1S/C7H11NO2/c1-3-6(5-9)8-7(10)4-2/h2,6,9H,3,5H2,1H3,(H,8,10)/t6-/m1/s1. The highest BCUT2D eigenvalue weighted by Gasteiger charge is 2.05. The number of terminal acetylenes is 1. The molecule has 0 aromatic rings. The van der Waals surface area contributed by atoms with Crippen molar-refractivity contribution in [2.45, 2.75) is 19.4 Å². The molecule has 0 saturated heterocycles. The number of aliphatic hydroxyl groups is 1. The zero-order chi connectivity index (χ0) is 7.98. The Kier molecular flexibility index (Phi) is 4.34. The van der Waals surface area contributed by atoms with E-state index >= 15 is 0 Å². The molecule has 0 bridgehead atoms. The first-order chi connectivity index (χ1) is 4.74. The van der Waals surface area contributed by atoms with Crippen molar-refractivity contribution in [2.75, 3.05) is 6.61 Å². The average Bonchev–Trinajstić information content (AvgIpc) is 1.99. The van der Waals surface area contributed by atoms with E-state index in [0.717, 1.165) is 0 Å². The summed E-state index contributed by atoms with van der Waals surface area (Å²) in [6.07, 6.45) is 5.47. The summed E-state index contributed by atoms with van der Waals surface area (Å²) >= 11 is 0. The highest BCUT2D eigenvalue weighted by molar-refractivity contribution is 5.92. The molecular formula is C7H11NO2. The number of carbonyl (C=O) groups is 1. The fourth-order valence-electron chi connectivity index (χ4n) is 0.504. The molecule has 0 heterocycles. The molecule has 1 amide bonds. The van der Waals surface area contributed by atoms with E-state index in [0.29, 0.717) is 6.42 Å². The molecule has 0 aliphatic heterocycles. The van der Waals surface area contributed by atoms with Crippen LogP contribution in [0.3, 0.4) is 0 Å². The summed E-state index contributed by atoms with van der Waals surface area (Å²) in [5.74, 6) is 1.43. The molecule has 0 saturated carbocycles. The lowest BCUT2D eigenvalue weighted by molar-refractivity contribution is -0.116. The Morgan fingerprint density at radius 1 is 1.90 bits per heavy atom. The Bertz CT molecular complexity index is 144. The van der Waals surface area contributed by atoms with Crippen LogP contribution in [0.25, 0.3) is 0 Å². The van der Waals surface area contributed by atoms with Gasteiger partial charge in [-0.3, -0.25) is 4.79 Å². The van der Waals surface area contributed by atoms with Crippen molar-refractivity contribution < 1.29 is 9.90 Å². The van der Waals surface area contributed by atoms with Gasteiger partial charge in [-0.1, -0.05) is 6.92 Å². The molecular weight excluding hydrogens is 130 g/mol. The lowest BCUT2D eigenvalue weighted by Gasteiger charge is -2.10. The van der Waals surface area contributed by atoms with Crippen LogP contribution in [0.15, 0.2) is 0 Å². The number of hydrogen-bond acceptors (Lipinski definition) is 2. The number of rotatable bonds is 3. The minimum Gasteiger partial charge on any atom is -0.394 e. The van der Waals surface area contributed by atoms with Gasteiger partial charge in [0.25, 0.3) is 5.91 Å². The van der Waals surface area contributed by atoms with Gasteiger partial charge in [-0.15, -0.1) is 6.42 Å². The van der Waals surface area contributed by atoms with Gasteiger partial charge in [0.05, 0.1) is 12.6 Å². The molecule has 10 heavy (non-hydrogen) atoms. The summed E-state index contributed by atoms with van der Waals surface area (Å²) in [7, 11) is 0. The maximum Gasteiger partial charge on any atom is 0.295 e. The van der Waals surface area contributed by atoms with E-state index in [9.17, 15) is 4.79 Å². The van der Waals surface area contributed by atoms with Crippen LogP contribution in [0, 0.1) is 12.3 Å². The van der Waals surface area contributed by atoms with Crippen LogP contribution in [-0.2, 0) is 4.79 Å². The lowest BCUT2D eigenvalue weighted by atomic mass is 10.2. The third kappa shape index (κ3) is 3.10. The number of hydrogen-bond donors (Lipinski definition) is 2. The predicted molar refractivity (Wildman–Crippen MR) is 38.1 cm³/mol. The first kappa shape index (κ1) is 8.99. The van der Waals surface area contributed by atoms with Crippen molar-refractivity contribution in [3.05, 3.63) is 0 Å². The second kappa shape index (κ2) is 4.83. The molecule has 0 fully saturated rings. The molecule has 3 heteroatoms. The minimum absolute atomic E-state index is 0.0656. The summed E-state index contributed by atoms with van der Waals surface area (Å²) in [6.45, 7) is 1.79. The van der Waals surface area contributed by atoms with E-state index in [-0.39, 0.29) is 12.6 Å². The molecule has 2 N–H and O–H groups in total. The zero-order valence-electron chi connectivity index (χ0n) is 5.92. The number of aliphatic hydroxyl groups excluding tert-OH is 1. The van der Waals surface area contributed by atoms with Gasteiger partial charge >= 0.3 is 0 Å². The first-order valence-corrected chi connectivity index (χ1v) is 3.12. The van der Waals surface area contributed by atoms with Crippen LogP contribution >= 0.6 is 0 Å². The minimum atomic E-state index is -0.471. The summed E-state index contributed by atoms with van der Waals surface area (Å²) in [6, 6.07) is -0.205.